The van der Waals surface area contributed by atoms with Crippen molar-refractivity contribution in [3.05, 3.63) is 71.4 Å². The van der Waals surface area contributed by atoms with E-state index in [4.69, 9.17) is 16.7 Å². The molecule has 0 aliphatic heterocycles. The number of halogens is 2. The molecule has 162 valence electrons. The fraction of sp³-hybridized carbons (Fsp3) is 0.360. The van der Waals surface area contributed by atoms with Gasteiger partial charge in [-0.25, -0.2) is 4.68 Å². The number of nitrogens with one attached hydrogen (secondary N) is 1. The Bertz CT molecular complexity index is 1050. The van der Waals surface area contributed by atoms with Crippen LogP contribution in [0.1, 0.15) is 43.0 Å². The number of carbonyl (C=O) groups excluding carboxylic acids is 1. The first-order valence-corrected chi connectivity index (χ1v) is 11.2. The standard InChI is InChI=1S/C25H26ClN3O.ClH/c1-16(22-14-17-7-8-19(22)13-17)27-25(30)23-15-29(21-5-3-2-4-6-21)28-24(23)18-9-11-20(26)12-10-18;/h2-6,9-12,15-17,19,22H,7-8,13-14H2,1H3,(H,27,30);1H. The number of fused-ring (bicyclic) bond motifs is 2. The predicted octanol–water partition coefficient (Wildman–Crippen LogP) is 6.17. The van der Waals surface area contributed by atoms with Gasteiger partial charge in [0.15, 0.2) is 0 Å². The summed E-state index contributed by atoms with van der Waals surface area (Å²) in [5.41, 5.74) is 3.07. The minimum Gasteiger partial charge on any atom is -0.349 e. The highest BCUT2D eigenvalue weighted by Gasteiger charge is 2.42. The SMILES string of the molecule is CC(NC(=O)c1cn(-c2ccccc2)nc1-c1ccc(Cl)cc1)C1CC2CCC1C2.Cl. The fourth-order valence-electron chi connectivity index (χ4n) is 5.37. The van der Waals surface area contributed by atoms with Gasteiger partial charge in [-0.2, -0.15) is 5.10 Å². The number of carbonyl (C=O) groups is 1. The Hall–Kier alpha value is -2.30. The smallest absolute Gasteiger partial charge is 0.255 e. The molecule has 1 aromatic heterocycles. The van der Waals surface area contributed by atoms with Crippen molar-refractivity contribution in [3.8, 4) is 16.9 Å². The molecule has 0 saturated heterocycles. The van der Waals surface area contributed by atoms with Crippen molar-refractivity contribution in [2.45, 2.75) is 38.6 Å². The van der Waals surface area contributed by atoms with Gasteiger partial charge in [-0.15, -0.1) is 12.4 Å². The highest BCUT2D eigenvalue weighted by atomic mass is 35.5. The van der Waals surface area contributed by atoms with E-state index in [0.29, 0.717) is 22.2 Å². The predicted molar refractivity (Wildman–Crippen MR) is 127 cm³/mol. The first-order valence-electron chi connectivity index (χ1n) is 10.8. The molecule has 2 bridgehead atoms. The molecule has 4 nitrogen and oxygen atoms in total. The minimum absolute atomic E-state index is 0. The molecular formula is C25H27Cl2N3O. The lowest BCUT2D eigenvalue weighted by atomic mass is 9.84. The molecule has 6 heteroatoms. The summed E-state index contributed by atoms with van der Waals surface area (Å²) in [5, 5.41) is 8.71. The Balaban J connectivity index is 0.00000231. The normalized spacial score (nSPS) is 22.7. The van der Waals surface area contributed by atoms with Crippen LogP contribution in [-0.2, 0) is 0 Å². The summed E-state index contributed by atoms with van der Waals surface area (Å²) in [6, 6.07) is 17.5. The van der Waals surface area contributed by atoms with Crippen LogP contribution in [0.25, 0.3) is 16.9 Å². The number of para-hydroxylation sites is 1. The largest absolute Gasteiger partial charge is 0.349 e. The van der Waals surface area contributed by atoms with Gasteiger partial charge in [0.1, 0.15) is 5.69 Å². The zero-order chi connectivity index (χ0) is 20.7. The first-order chi connectivity index (χ1) is 14.6. The van der Waals surface area contributed by atoms with Crippen LogP contribution in [0, 0.1) is 17.8 Å². The number of hydrogen-bond donors (Lipinski definition) is 1. The second-order valence-electron chi connectivity index (χ2n) is 8.78. The van der Waals surface area contributed by atoms with E-state index in [1.165, 1.54) is 25.7 Å². The van der Waals surface area contributed by atoms with E-state index < -0.39 is 0 Å². The van der Waals surface area contributed by atoms with Crippen LogP contribution in [0.5, 0.6) is 0 Å². The van der Waals surface area contributed by atoms with Crippen molar-refractivity contribution in [2.24, 2.45) is 17.8 Å². The quantitative estimate of drug-likeness (QED) is 0.499. The molecule has 1 N–H and O–H groups in total. The van der Waals surface area contributed by atoms with E-state index in [2.05, 4.69) is 12.2 Å². The maximum absolute atomic E-state index is 13.3. The van der Waals surface area contributed by atoms with Crippen molar-refractivity contribution in [1.82, 2.24) is 15.1 Å². The molecule has 0 radical (unpaired) electrons. The van der Waals surface area contributed by atoms with Gasteiger partial charge >= 0.3 is 0 Å². The van der Waals surface area contributed by atoms with Gasteiger partial charge in [0.05, 0.1) is 11.3 Å². The molecule has 2 aliphatic rings. The van der Waals surface area contributed by atoms with E-state index in [9.17, 15) is 4.79 Å². The van der Waals surface area contributed by atoms with Crippen LogP contribution in [-0.4, -0.2) is 21.7 Å². The summed E-state index contributed by atoms with van der Waals surface area (Å²) >= 11 is 6.07. The average molecular weight is 456 g/mol. The Morgan fingerprint density at radius 1 is 1.10 bits per heavy atom. The third-order valence-electron chi connectivity index (χ3n) is 6.89. The van der Waals surface area contributed by atoms with Crippen molar-refractivity contribution < 1.29 is 4.79 Å². The molecular weight excluding hydrogens is 429 g/mol. The number of hydrogen-bond acceptors (Lipinski definition) is 2. The number of benzene rings is 2. The van der Waals surface area contributed by atoms with E-state index >= 15 is 0 Å². The molecule has 4 atom stereocenters. The Labute approximate surface area is 194 Å². The van der Waals surface area contributed by atoms with E-state index in [0.717, 1.165) is 23.1 Å². The summed E-state index contributed by atoms with van der Waals surface area (Å²) < 4.78 is 1.78. The topological polar surface area (TPSA) is 46.9 Å². The summed E-state index contributed by atoms with van der Waals surface area (Å²) in [7, 11) is 0. The molecule has 31 heavy (non-hydrogen) atoms. The minimum atomic E-state index is -0.0580. The maximum Gasteiger partial charge on any atom is 0.255 e. The molecule has 5 rings (SSSR count). The molecule has 2 fully saturated rings. The average Bonchev–Trinajstić information content (AvgIpc) is 3.50. The number of rotatable bonds is 5. The highest BCUT2D eigenvalue weighted by Crippen LogP contribution is 2.49. The van der Waals surface area contributed by atoms with Crippen LogP contribution in [0.2, 0.25) is 5.02 Å². The van der Waals surface area contributed by atoms with Crippen LogP contribution < -0.4 is 5.32 Å². The van der Waals surface area contributed by atoms with Crippen LogP contribution in [0.3, 0.4) is 0 Å². The van der Waals surface area contributed by atoms with Crippen molar-refractivity contribution >= 4 is 29.9 Å². The van der Waals surface area contributed by atoms with Crippen molar-refractivity contribution in [2.75, 3.05) is 0 Å². The van der Waals surface area contributed by atoms with Crippen molar-refractivity contribution in [1.29, 1.82) is 0 Å². The number of aromatic nitrogens is 2. The zero-order valence-electron chi connectivity index (χ0n) is 17.5. The Kier molecular flexibility index (Phi) is 6.40. The van der Waals surface area contributed by atoms with Gasteiger partial charge in [-0.05, 0) is 68.2 Å². The van der Waals surface area contributed by atoms with Crippen LogP contribution in [0.4, 0.5) is 0 Å². The third-order valence-corrected chi connectivity index (χ3v) is 7.14. The second kappa shape index (κ2) is 9.05. The van der Waals surface area contributed by atoms with Crippen molar-refractivity contribution in [3.63, 3.8) is 0 Å². The van der Waals surface area contributed by atoms with Gasteiger partial charge in [0.25, 0.3) is 5.91 Å². The molecule has 0 spiro atoms. The Morgan fingerprint density at radius 3 is 2.48 bits per heavy atom. The van der Waals surface area contributed by atoms with Gasteiger partial charge in [-0.3, -0.25) is 4.79 Å². The third kappa shape index (κ3) is 4.37. The summed E-state index contributed by atoms with van der Waals surface area (Å²) in [5.74, 6) is 2.17. The van der Waals surface area contributed by atoms with E-state index in [-0.39, 0.29) is 24.4 Å². The number of amides is 1. The van der Waals surface area contributed by atoms with Gasteiger partial charge < -0.3 is 5.32 Å². The molecule has 1 amide bonds. The van der Waals surface area contributed by atoms with Crippen LogP contribution >= 0.6 is 24.0 Å². The fourth-order valence-corrected chi connectivity index (χ4v) is 5.50. The molecule has 1 heterocycles. The lowest BCUT2D eigenvalue weighted by Gasteiger charge is -2.28. The van der Waals surface area contributed by atoms with E-state index in [1.54, 1.807) is 4.68 Å². The first kappa shape index (κ1) is 21.9. The van der Waals surface area contributed by atoms with E-state index in [1.807, 2.05) is 60.8 Å². The summed E-state index contributed by atoms with van der Waals surface area (Å²) in [4.78, 5) is 13.3. The molecule has 2 saturated carbocycles. The Morgan fingerprint density at radius 2 is 1.84 bits per heavy atom. The van der Waals surface area contributed by atoms with Gasteiger partial charge in [0.2, 0.25) is 0 Å². The van der Waals surface area contributed by atoms with Gasteiger partial charge in [-0.1, -0.05) is 48.4 Å². The molecule has 4 unspecified atom stereocenters. The molecule has 2 aromatic carbocycles. The summed E-state index contributed by atoms with van der Waals surface area (Å²) in [6.45, 7) is 2.16. The summed E-state index contributed by atoms with van der Waals surface area (Å²) in [6.07, 6.45) is 7.11. The van der Waals surface area contributed by atoms with Crippen LogP contribution in [0.15, 0.2) is 60.8 Å². The highest BCUT2D eigenvalue weighted by molar-refractivity contribution is 6.30. The second-order valence-corrected chi connectivity index (χ2v) is 9.22. The van der Waals surface area contributed by atoms with Gasteiger partial charge in [0, 0.05) is 22.8 Å². The number of nitrogens with zero attached hydrogens (tertiary/aromatic N) is 2. The molecule has 2 aliphatic carbocycles. The lowest BCUT2D eigenvalue weighted by molar-refractivity contribution is 0.0916. The zero-order valence-corrected chi connectivity index (χ0v) is 19.1. The monoisotopic (exact) mass is 455 g/mol. The lowest BCUT2D eigenvalue weighted by Crippen LogP contribution is -2.40. The maximum atomic E-state index is 13.3. The molecule has 3 aromatic rings.